The van der Waals surface area contributed by atoms with Gasteiger partial charge in [-0.2, -0.15) is 0 Å². The van der Waals surface area contributed by atoms with Crippen molar-refractivity contribution in [2.45, 2.75) is 70.9 Å². The molecule has 2 unspecified atom stereocenters. The molecular formula is C15H32N2. The molecule has 1 N–H and O–H groups in total. The highest BCUT2D eigenvalue weighted by molar-refractivity contribution is 4.83. The third kappa shape index (κ3) is 4.59. The Bertz CT molecular complexity index is 187. The average molecular weight is 240 g/mol. The van der Waals surface area contributed by atoms with Crippen LogP contribution in [-0.4, -0.2) is 37.6 Å². The van der Waals surface area contributed by atoms with Gasteiger partial charge in [-0.05, 0) is 45.7 Å². The van der Waals surface area contributed by atoms with E-state index >= 15 is 0 Å². The van der Waals surface area contributed by atoms with Crippen LogP contribution in [0.15, 0.2) is 0 Å². The van der Waals surface area contributed by atoms with E-state index in [1.54, 1.807) is 0 Å². The summed E-state index contributed by atoms with van der Waals surface area (Å²) in [4.78, 5) is 2.62. The van der Waals surface area contributed by atoms with Crippen molar-refractivity contribution in [2.24, 2.45) is 5.92 Å². The molecule has 0 aromatic rings. The van der Waals surface area contributed by atoms with Gasteiger partial charge in [-0.15, -0.1) is 0 Å². The maximum Gasteiger partial charge on any atom is 0.0243 e. The molecule has 1 rings (SSSR count). The van der Waals surface area contributed by atoms with E-state index in [2.05, 4.69) is 38.2 Å². The molecule has 0 amide bonds. The van der Waals surface area contributed by atoms with E-state index in [4.69, 9.17) is 0 Å². The van der Waals surface area contributed by atoms with Gasteiger partial charge in [0.05, 0.1) is 0 Å². The van der Waals surface area contributed by atoms with E-state index in [1.165, 1.54) is 51.5 Å². The van der Waals surface area contributed by atoms with Gasteiger partial charge in [0.2, 0.25) is 0 Å². The molecule has 17 heavy (non-hydrogen) atoms. The number of hydrogen-bond acceptors (Lipinski definition) is 2. The van der Waals surface area contributed by atoms with Gasteiger partial charge in [0, 0.05) is 18.6 Å². The number of nitrogens with zero attached hydrogens (tertiary/aromatic N) is 1. The van der Waals surface area contributed by atoms with Crippen LogP contribution in [0.3, 0.4) is 0 Å². The number of likely N-dealkylation sites (N-methyl/N-ethyl adjacent to an activating group) is 2. The molecule has 0 saturated heterocycles. The predicted octanol–water partition coefficient (Wildman–Crippen LogP) is 3.28. The van der Waals surface area contributed by atoms with Crippen LogP contribution in [0.25, 0.3) is 0 Å². The van der Waals surface area contributed by atoms with Gasteiger partial charge >= 0.3 is 0 Å². The smallest absolute Gasteiger partial charge is 0.0243 e. The predicted molar refractivity (Wildman–Crippen MR) is 76.4 cm³/mol. The van der Waals surface area contributed by atoms with Gasteiger partial charge in [0.15, 0.2) is 0 Å². The molecule has 2 atom stereocenters. The minimum Gasteiger partial charge on any atom is -0.315 e. The van der Waals surface area contributed by atoms with Crippen LogP contribution in [-0.2, 0) is 0 Å². The fourth-order valence-corrected chi connectivity index (χ4v) is 3.48. The number of nitrogens with one attached hydrogen (secondary N) is 1. The van der Waals surface area contributed by atoms with Crippen molar-refractivity contribution in [3.8, 4) is 0 Å². The Labute approximate surface area is 108 Å². The first-order chi connectivity index (χ1) is 8.22. The van der Waals surface area contributed by atoms with Crippen LogP contribution in [0, 0.1) is 5.92 Å². The summed E-state index contributed by atoms with van der Waals surface area (Å²) in [5, 5.41) is 3.52. The van der Waals surface area contributed by atoms with Crippen molar-refractivity contribution >= 4 is 0 Å². The first-order valence-electron chi connectivity index (χ1n) is 7.60. The summed E-state index contributed by atoms with van der Waals surface area (Å²) >= 11 is 0. The second kappa shape index (κ2) is 8.10. The van der Waals surface area contributed by atoms with Gasteiger partial charge in [-0.1, -0.05) is 33.1 Å². The molecule has 1 saturated carbocycles. The van der Waals surface area contributed by atoms with Crippen molar-refractivity contribution < 1.29 is 0 Å². The van der Waals surface area contributed by atoms with Gasteiger partial charge < -0.3 is 10.2 Å². The Kier molecular flexibility index (Phi) is 7.14. The normalized spacial score (nSPS) is 21.0. The molecule has 0 bridgehead atoms. The van der Waals surface area contributed by atoms with Crippen molar-refractivity contribution in [1.29, 1.82) is 0 Å². The number of hydrogen-bond donors (Lipinski definition) is 1. The summed E-state index contributed by atoms with van der Waals surface area (Å²) < 4.78 is 0. The molecule has 1 aliphatic rings. The second-order valence-corrected chi connectivity index (χ2v) is 5.75. The first-order valence-corrected chi connectivity index (χ1v) is 7.60. The van der Waals surface area contributed by atoms with Crippen LogP contribution in [0.1, 0.15) is 58.8 Å². The van der Waals surface area contributed by atoms with Crippen molar-refractivity contribution in [3.63, 3.8) is 0 Å². The Morgan fingerprint density at radius 1 is 1.24 bits per heavy atom. The van der Waals surface area contributed by atoms with Crippen molar-refractivity contribution in [3.05, 3.63) is 0 Å². The lowest BCUT2D eigenvalue weighted by Gasteiger charge is -2.35. The standard InChI is InChI=1S/C15H32N2/c1-5-9-14(16-3)15(6-2)17(4)12-13-10-7-8-11-13/h13-16H,5-12H2,1-4H3. The zero-order valence-corrected chi connectivity index (χ0v) is 12.3. The summed E-state index contributed by atoms with van der Waals surface area (Å²) in [5.74, 6) is 0.966. The first kappa shape index (κ1) is 15.0. The lowest BCUT2D eigenvalue weighted by Crippen LogP contribution is -2.48. The van der Waals surface area contributed by atoms with Gasteiger partial charge in [-0.3, -0.25) is 0 Å². The fraction of sp³-hybridized carbons (Fsp3) is 1.00. The van der Waals surface area contributed by atoms with E-state index in [1.807, 2.05) is 0 Å². The van der Waals surface area contributed by atoms with E-state index in [0.717, 1.165) is 5.92 Å². The largest absolute Gasteiger partial charge is 0.315 e. The summed E-state index contributed by atoms with van der Waals surface area (Å²) in [6.45, 7) is 5.92. The maximum atomic E-state index is 3.52. The van der Waals surface area contributed by atoms with Crippen LogP contribution in [0.5, 0.6) is 0 Å². The van der Waals surface area contributed by atoms with Gasteiger partial charge in [0.1, 0.15) is 0 Å². The molecule has 0 heterocycles. The zero-order valence-electron chi connectivity index (χ0n) is 12.3. The quantitative estimate of drug-likeness (QED) is 0.700. The summed E-state index contributed by atoms with van der Waals surface area (Å²) in [5.41, 5.74) is 0. The van der Waals surface area contributed by atoms with Crippen LogP contribution in [0.2, 0.25) is 0 Å². The molecule has 2 heteroatoms. The Morgan fingerprint density at radius 3 is 2.35 bits per heavy atom. The molecule has 0 spiro atoms. The molecule has 0 radical (unpaired) electrons. The molecule has 0 aromatic carbocycles. The summed E-state index contributed by atoms with van der Waals surface area (Å²) in [6.07, 6.45) is 9.66. The third-order valence-corrected chi connectivity index (χ3v) is 4.44. The second-order valence-electron chi connectivity index (χ2n) is 5.75. The lowest BCUT2D eigenvalue weighted by atomic mass is 9.98. The monoisotopic (exact) mass is 240 g/mol. The number of rotatable bonds is 8. The van der Waals surface area contributed by atoms with E-state index in [9.17, 15) is 0 Å². The zero-order chi connectivity index (χ0) is 12.7. The minimum absolute atomic E-state index is 0.663. The SMILES string of the molecule is CCCC(NC)C(CC)N(C)CC1CCCC1. The summed E-state index contributed by atoms with van der Waals surface area (Å²) in [6, 6.07) is 1.37. The summed E-state index contributed by atoms with van der Waals surface area (Å²) in [7, 11) is 4.44. The molecule has 0 aliphatic heterocycles. The molecule has 102 valence electrons. The lowest BCUT2D eigenvalue weighted by molar-refractivity contribution is 0.160. The van der Waals surface area contributed by atoms with Crippen molar-refractivity contribution in [2.75, 3.05) is 20.6 Å². The molecular weight excluding hydrogens is 208 g/mol. The Hall–Kier alpha value is -0.0800. The molecule has 0 aromatic heterocycles. The van der Waals surface area contributed by atoms with E-state index < -0.39 is 0 Å². The highest BCUT2D eigenvalue weighted by Gasteiger charge is 2.25. The molecule has 2 nitrogen and oxygen atoms in total. The third-order valence-electron chi connectivity index (χ3n) is 4.44. The average Bonchev–Trinajstić information content (AvgIpc) is 2.81. The Balaban J connectivity index is 2.45. The fourth-order valence-electron chi connectivity index (χ4n) is 3.48. The van der Waals surface area contributed by atoms with Crippen LogP contribution in [0.4, 0.5) is 0 Å². The minimum atomic E-state index is 0.663. The van der Waals surface area contributed by atoms with Crippen LogP contribution >= 0.6 is 0 Å². The topological polar surface area (TPSA) is 15.3 Å². The van der Waals surface area contributed by atoms with Crippen LogP contribution < -0.4 is 5.32 Å². The van der Waals surface area contributed by atoms with Gasteiger partial charge in [-0.25, -0.2) is 0 Å². The maximum absolute atomic E-state index is 3.52. The van der Waals surface area contributed by atoms with E-state index in [-0.39, 0.29) is 0 Å². The van der Waals surface area contributed by atoms with E-state index in [0.29, 0.717) is 12.1 Å². The molecule has 1 fully saturated rings. The highest BCUT2D eigenvalue weighted by Crippen LogP contribution is 2.26. The molecule has 1 aliphatic carbocycles. The van der Waals surface area contributed by atoms with Gasteiger partial charge in [0.25, 0.3) is 0 Å². The van der Waals surface area contributed by atoms with Crippen molar-refractivity contribution in [1.82, 2.24) is 10.2 Å². The highest BCUT2D eigenvalue weighted by atomic mass is 15.2. The Morgan fingerprint density at radius 2 is 1.88 bits per heavy atom.